The van der Waals surface area contributed by atoms with Gasteiger partial charge in [0.25, 0.3) is 0 Å². The van der Waals surface area contributed by atoms with E-state index in [1.165, 1.54) is 31.0 Å². The van der Waals surface area contributed by atoms with Gasteiger partial charge < -0.3 is 10.1 Å². The molecule has 1 saturated carbocycles. The van der Waals surface area contributed by atoms with Crippen molar-refractivity contribution in [2.75, 3.05) is 19.4 Å². The first-order chi connectivity index (χ1) is 15.1. The number of thioether (sulfide) groups is 1. The Morgan fingerprint density at radius 2 is 1.90 bits per heavy atom. The number of hydrogen-bond acceptors (Lipinski definition) is 6. The van der Waals surface area contributed by atoms with Crippen LogP contribution < -0.4 is 15.4 Å². The van der Waals surface area contributed by atoms with Crippen molar-refractivity contribution in [3.05, 3.63) is 24.3 Å². The van der Waals surface area contributed by atoms with Crippen molar-refractivity contribution in [1.82, 2.24) is 25.4 Å². The number of carbonyl (C=O) groups excluding carboxylic acids is 2. The van der Waals surface area contributed by atoms with E-state index in [0.717, 1.165) is 42.8 Å². The van der Waals surface area contributed by atoms with Gasteiger partial charge >= 0.3 is 6.03 Å². The summed E-state index contributed by atoms with van der Waals surface area (Å²) in [5, 5.41) is 14.6. The van der Waals surface area contributed by atoms with Crippen molar-refractivity contribution in [2.45, 2.75) is 63.1 Å². The van der Waals surface area contributed by atoms with Gasteiger partial charge in [0.05, 0.1) is 12.9 Å². The van der Waals surface area contributed by atoms with Crippen LogP contribution in [-0.2, 0) is 4.79 Å². The second kappa shape index (κ2) is 11.7. The Morgan fingerprint density at radius 1 is 1.16 bits per heavy atom. The van der Waals surface area contributed by atoms with Crippen LogP contribution in [0.3, 0.4) is 0 Å². The Balaban J connectivity index is 1.71. The summed E-state index contributed by atoms with van der Waals surface area (Å²) in [6.45, 7) is 2.61. The average Bonchev–Trinajstić information content (AvgIpc) is 3.22. The molecule has 1 heterocycles. The summed E-state index contributed by atoms with van der Waals surface area (Å²) in [7, 11) is 1.64. The van der Waals surface area contributed by atoms with E-state index in [1.54, 1.807) is 7.11 Å². The zero-order valence-corrected chi connectivity index (χ0v) is 19.0. The number of ether oxygens (including phenoxy) is 1. The number of imide groups is 1. The van der Waals surface area contributed by atoms with Crippen molar-refractivity contribution < 1.29 is 14.3 Å². The molecule has 9 heteroatoms. The van der Waals surface area contributed by atoms with Crippen LogP contribution in [0.1, 0.15) is 57.9 Å². The highest BCUT2D eigenvalue weighted by Crippen LogP contribution is 2.35. The number of amides is 3. The predicted molar refractivity (Wildman–Crippen MR) is 121 cm³/mol. The highest BCUT2D eigenvalue weighted by Gasteiger charge is 2.24. The van der Waals surface area contributed by atoms with Gasteiger partial charge in [-0.25, -0.2) is 4.79 Å². The summed E-state index contributed by atoms with van der Waals surface area (Å²) >= 11 is 1.31. The number of hydrogen-bond donors (Lipinski definition) is 2. The average molecular weight is 446 g/mol. The molecule has 1 aliphatic rings. The van der Waals surface area contributed by atoms with E-state index in [1.807, 2.05) is 31.2 Å². The van der Waals surface area contributed by atoms with Crippen molar-refractivity contribution in [3.63, 3.8) is 0 Å². The van der Waals surface area contributed by atoms with Gasteiger partial charge in [0.1, 0.15) is 5.75 Å². The Labute approximate surface area is 187 Å². The molecule has 1 aromatic carbocycles. The molecular weight excluding hydrogens is 414 g/mol. The molecule has 168 valence electrons. The first kappa shape index (κ1) is 23.1. The maximum atomic E-state index is 12.2. The molecule has 0 unspecified atom stereocenters. The number of urea groups is 1. The fourth-order valence-corrected chi connectivity index (χ4v) is 4.50. The number of aromatic nitrogens is 3. The molecule has 0 saturated heterocycles. The van der Waals surface area contributed by atoms with Gasteiger partial charge in [-0.2, -0.15) is 0 Å². The number of methoxy groups -OCH3 is 1. The zero-order chi connectivity index (χ0) is 22.1. The molecule has 0 aliphatic heterocycles. The SMILES string of the molecule is CCCCNC(=O)NC(=O)CSc1nnc(-c2ccc(OC)cc2)n1C1CCCCC1. The molecule has 3 amide bonds. The predicted octanol–water partition coefficient (Wildman–Crippen LogP) is 4.18. The highest BCUT2D eigenvalue weighted by molar-refractivity contribution is 7.99. The summed E-state index contributed by atoms with van der Waals surface area (Å²) in [6.07, 6.45) is 7.60. The van der Waals surface area contributed by atoms with Gasteiger partial charge in [-0.3, -0.25) is 14.7 Å². The molecule has 0 atom stereocenters. The summed E-state index contributed by atoms with van der Waals surface area (Å²) < 4.78 is 7.43. The Kier molecular flexibility index (Phi) is 8.75. The molecular formula is C22H31N5O3S. The van der Waals surface area contributed by atoms with E-state index in [-0.39, 0.29) is 11.7 Å². The minimum absolute atomic E-state index is 0.106. The fourth-order valence-electron chi connectivity index (χ4n) is 3.70. The topological polar surface area (TPSA) is 98.1 Å². The molecule has 3 rings (SSSR count). The number of benzene rings is 1. The van der Waals surface area contributed by atoms with Gasteiger partial charge in [0.15, 0.2) is 11.0 Å². The number of unbranched alkanes of at least 4 members (excludes halogenated alkanes) is 1. The van der Waals surface area contributed by atoms with Crippen LogP contribution in [0.5, 0.6) is 5.75 Å². The minimum atomic E-state index is -0.452. The van der Waals surface area contributed by atoms with Crippen molar-refractivity contribution in [3.8, 4) is 17.1 Å². The van der Waals surface area contributed by atoms with Gasteiger partial charge in [-0.15, -0.1) is 10.2 Å². The van der Waals surface area contributed by atoms with E-state index >= 15 is 0 Å². The van der Waals surface area contributed by atoms with E-state index in [0.29, 0.717) is 17.7 Å². The summed E-state index contributed by atoms with van der Waals surface area (Å²) in [5.74, 6) is 1.35. The zero-order valence-electron chi connectivity index (χ0n) is 18.2. The standard InChI is InChI=1S/C22H31N5O3S/c1-3-4-14-23-21(29)24-19(28)15-31-22-26-25-20(16-10-12-18(30-2)13-11-16)27(22)17-8-6-5-7-9-17/h10-13,17H,3-9,14-15H2,1-2H3,(H2,23,24,28,29). The van der Waals surface area contributed by atoms with Crippen LogP contribution in [-0.4, -0.2) is 46.1 Å². The molecule has 1 fully saturated rings. The van der Waals surface area contributed by atoms with Crippen LogP contribution in [0, 0.1) is 0 Å². The Bertz CT molecular complexity index is 863. The third-order valence-corrected chi connectivity index (χ3v) is 6.30. The van der Waals surface area contributed by atoms with E-state index < -0.39 is 6.03 Å². The molecule has 31 heavy (non-hydrogen) atoms. The lowest BCUT2D eigenvalue weighted by Gasteiger charge is -2.25. The molecule has 0 bridgehead atoms. The molecule has 8 nitrogen and oxygen atoms in total. The number of rotatable bonds is 9. The minimum Gasteiger partial charge on any atom is -0.497 e. The lowest BCUT2D eigenvalue weighted by atomic mass is 9.95. The third-order valence-electron chi connectivity index (χ3n) is 5.35. The molecule has 2 aromatic rings. The maximum Gasteiger partial charge on any atom is 0.321 e. The molecule has 1 aliphatic carbocycles. The lowest BCUT2D eigenvalue weighted by Crippen LogP contribution is -2.40. The normalized spacial score (nSPS) is 14.3. The van der Waals surface area contributed by atoms with Crippen LogP contribution >= 0.6 is 11.8 Å². The van der Waals surface area contributed by atoms with Crippen molar-refractivity contribution in [1.29, 1.82) is 0 Å². The molecule has 2 N–H and O–H groups in total. The first-order valence-electron chi connectivity index (χ1n) is 10.9. The van der Waals surface area contributed by atoms with Crippen LogP contribution in [0.2, 0.25) is 0 Å². The second-order valence-electron chi connectivity index (χ2n) is 7.64. The first-order valence-corrected chi connectivity index (χ1v) is 11.9. The molecule has 1 aromatic heterocycles. The lowest BCUT2D eigenvalue weighted by molar-refractivity contribution is -0.117. The number of nitrogens with one attached hydrogen (secondary N) is 2. The van der Waals surface area contributed by atoms with Crippen molar-refractivity contribution in [2.24, 2.45) is 0 Å². The summed E-state index contributed by atoms with van der Waals surface area (Å²) in [5.41, 5.74) is 0.963. The highest BCUT2D eigenvalue weighted by atomic mass is 32.2. The van der Waals surface area contributed by atoms with Gasteiger partial charge in [0, 0.05) is 18.2 Å². The summed E-state index contributed by atoms with van der Waals surface area (Å²) in [6, 6.07) is 7.63. The van der Waals surface area contributed by atoms with Gasteiger partial charge in [-0.05, 0) is 43.5 Å². The van der Waals surface area contributed by atoms with Gasteiger partial charge in [-0.1, -0.05) is 44.4 Å². The quantitative estimate of drug-likeness (QED) is 0.444. The molecule has 0 spiro atoms. The van der Waals surface area contributed by atoms with Crippen molar-refractivity contribution >= 4 is 23.7 Å². The van der Waals surface area contributed by atoms with E-state index in [9.17, 15) is 9.59 Å². The fraction of sp³-hybridized carbons (Fsp3) is 0.545. The van der Waals surface area contributed by atoms with Gasteiger partial charge in [0.2, 0.25) is 5.91 Å². The number of carbonyl (C=O) groups is 2. The van der Waals surface area contributed by atoms with Crippen LogP contribution in [0.25, 0.3) is 11.4 Å². The van der Waals surface area contributed by atoms with Crippen LogP contribution in [0.4, 0.5) is 4.79 Å². The Morgan fingerprint density at radius 3 is 2.58 bits per heavy atom. The number of nitrogens with zero attached hydrogens (tertiary/aromatic N) is 3. The monoisotopic (exact) mass is 445 g/mol. The summed E-state index contributed by atoms with van der Waals surface area (Å²) in [4.78, 5) is 24.0. The second-order valence-corrected chi connectivity index (χ2v) is 8.59. The largest absolute Gasteiger partial charge is 0.497 e. The molecule has 0 radical (unpaired) electrons. The van der Waals surface area contributed by atoms with E-state index in [2.05, 4.69) is 25.4 Å². The van der Waals surface area contributed by atoms with Crippen LogP contribution in [0.15, 0.2) is 29.4 Å². The smallest absolute Gasteiger partial charge is 0.321 e. The van der Waals surface area contributed by atoms with E-state index in [4.69, 9.17) is 4.74 Å². The third kappa shape index (κ3) is 6.46. The maximum absolute atomic E-state index is 12.2. The Hall–Kier alpha value is -2.55.